The summed E-state index contributed by atoms with van der Waals surface area (Å²) >= 11 is 0. The smallest absolute Gasteiger partial charge is 0.264 e. The van der Waals surface area contributed by atoms with Crippen LogP contribution in [0.1, 0.15) is 28.4 Å². The van der Waals surface area contributed by atoms with E-state index in [4.69, 9.17) is 10.5 Å². The maximum atomic E-state index is 13.4. The maximum Gasteiger partial charge on any atom is 0.264 e. The number of aldehydes is 1. The fourth-order valence-electron chi connectivity index (χ4n) is 4.67. The fraction of sp³-hybridized carbons (Fsp3) is 0.132. The highest BCUT2D eigenvalue weighted by Crippen LogP contribution is 2.28. The first kappa shape index (κ1) is 35.2. The van der Waals surface area contributed by atoms with Crippen molar-refractivity contribution in [2.45, 2.75) is 26.0 Å². The van der Waals surface area contributed by atoms with Gasteiger partial charge in [-0.1, -0.05) is 72.8 Å². The second-order valence-corrected chi connectivity index (χ2v) is 10.7. The Balaban J connectivity index is 0.000000217. The van der Waals surface area contributed by atoms with Crippen LogP contribution in [0, 0.1) is 23.3 Å². The molecule has 1 amide bonds. The number of hydrogen-bond donors (Lipinski definition) is 2. The monoisotopic (exact) mass is 655 g/mol. The van der Waals surface area contributed by atoms with Crippen molar-refractivity contribution < 1.29 is 31.9 Å². The van der Waals surface area contributed by atoms with E-state index in [2.05, 4.69) is 10.3 Å². The van der Waals surface area contributed by atoms with Crippen LogP contribution in [-0.2, 0) is 17.8 Å². The normalized spacial score (nSPS) is 11.7. The Labute approximate surface area is 275 Å². The SMILES string of the molecule is CNC(Cc1ccc(-c2ccc(F)c(F)c2)cc1)C(=O)N=C(C)N.O=Cc1cc(-c2ccc(F)c(F)c2)ccc1OCc1ccccc1. The highest BCUT2D eigenvalue weighted by molar-refractivity contribution is 5.95. The van der Waals surface area contributed by atoms with Crippen LogP contribution in [0.5, 0.6) is 5.75 Å². The fourth-order valence-corrected chi connectivity index (χ4v) is 4.67. The third-order valence-electron chi connectivity index (χ3n) is 7.21. The van der Waals surface area contributed by atoms with Crippen LogP contribution in [0.2, 0.25) is 0 Å². The van der Waals surface area contributed by atoms with Crippen LogP contribution in [0.25, 0.3) is 22.3 Å². The number of hydrogen-bond acceptors (Lipinski definition) is 4. The Hall–Kier alpha value is -5.61. The van der Waals surface area contributed by atoms with Crippen molar-refractivity contribution in [3.63, 3.8) is 0 Å². The van der Waals surface area contributed by atoms with E-state index < -0.39 is 29.3 Å². The number of amides is 1. The van der Waals surface area contributed by atoms with Gasteiger partial charge in [0.25, 0.3) is 5.91 Å². The molecule has 3 N–H and O–H groups in total. The molecule has 5 aromatic carbocycles. The van der Waals surface area contributed by atoms with Crippen LogP contribution < -0.4 is 15.8 Å². The Morgan fingerprint density at radius 2 is 1.29 bits per heavy atom. The Morgan fingerprint density at radius 3 is 1.83 bits per heavy atom. The van der Waals surface area contributed by atoms with Crippen LogP contribution in [0.15, 0.2) is 114 Å². The van der Waals surface area contributed by atoms with Gasteiger partial charge in [-0.2, -0.15) is 4.99 Å². The summed E-state index contributed by atoms with van der Waals surface area (Å²) in [7, 11) is 1.68. The highest BCUT2D eigenvalue weighted by Gasteiger charge is 2.16. The van der Waals surface area contributed by atoms with Crippen molar-refractivity contribution in [3.05, 3.63) is 149 Å². The Kier molecular flexibility index (Phi) is 12.3. The highest BCUT2D eigenvalue weighted by atomic mass is 19.2. The zero-order chi connectivity index (χ0) is 34.6. The summed E-state index contributed by atoms with van der Waals surface area (Å²) in [6.45, 7) is 1.90. The zero-order valence-corrected chi connectivity index (χ0v) is 26.2. The molecule has 0 saturated heterocycles. The van der Waals surface area contributed by atoms with E-state index in [1.54, 1.807) is 44.3 Å². The largest absolute Gasteiger partial charge is 0.488 e. The number of carbonyl (C=O) groups is 2. The number of nitrogens with one attached hydrogen (secondary N) is 1. The molecule has 5 aromatic rings. The molecule has 0 aliphatic carbocycles. The number of aliphatic imine (C=N–C) groups is 1. The molecule has 0 bridgehead atoms. The van der Waals surface area contributed by atoms with E-state index in [1.807, 2.05) is 42.5 Å². The van der Waals surface area contributed by atoms with Gasteiger partial charge in [-0.05, 0) is 90.2 Å². The number of ether oxygens (including phenoxy) is 1. The standard InChI is InChI=1S/C20H14F2O2.C18H19F2N3O/c21-18-8-6-16(11-19(18)22)15-7-9-20(17(10-15)12-23)24-13-14-4-2-1-3-5-14;1-11(21)23-18(24)17(22-2)9-12-3-5-13(6-4-12)14-7-8-15(19)16(20)10-14/h1-12H,13H2;3-8,10,17,22H,9H2,1-2H3,(H2,21,23,24). The van der Waals surface area contributed by atoms with Crippen molar-refractivity contribution in [1.29, 1.82) is 0 Å². The minimum absolute atomic E-state index is 0.217. The van der Waals surface area contributed by atoms with E-state index in [-0.39, 0.29) is 11.7 Å². The second-order valence-electron chi connectivity index (χ2n) is 10.7. The molecule has 5 rings (SSSR count). The van der Waals surface area contributed by atoms with Gasteiger partial charge in [-0.3, -0.25) is 9.59 Å². The van der Waals surface area contributed by atoms with Crippen molar-refractivity contribution in [1.82, 2.24) is 5.32 Å². The van der Waals surface area contributed by atoms with Crippen LogP contribution in [-0.4, -0.2) is 31.1 Å². The summed E-state index contributed by atoms with van der Waals surface area (Å²) in [5.41, 5.74) is 10.1. The summed E-state index contributed by atoms with van der Waals surface area (Å²) in [6, 6.07) is 28.8. The maximum absolute atomic E-state index is 13.4. The summed E-state index contributed by atoms with van der Waals surface area (Å²) < 4.78 is 58.4. The molecule has 10 heteroatoms. The number of amidine groups is 1. The van der Waals surface area contributed by atoms with Gasteiger partial charge in [0.05, 0.1) is 17.4 Å². The average molecular weight is 656 g/mol. The molecule has 0 fully saturated rings. The molecule has 0 saturated carbocycles. The van der Waals surface area contributed by atoms with Crippen molar-refractivity contribution >= 4 is 18.0 Å². The Bertz CT molecular complexity index is 1890. The molecule has 1 atom stereocenters. The lowest BCUT2D eigenvalue weighted by molar-refractivity contribution is -0.119. The molecule has 0 aliphatic heterocycles. The van der Waals surface area contributed by atoms with Gasteiger partial charge in [0, 0.05) is 0 Å². The van der Waals surface area contributed by atoms with Gasteiger partial charge >= 0.3 is 0 Å². The van der Waals surface area contributed by atoms with E-state index in [0.717, 1.165) is 41.0 Å². The van der Waals surface area contributed by atoms with E-state index in [9.17, 15) is 27.2 Å². The molecular formula is C38H33F4N3O3. The number of rotatable bonds is 10. The summed E-state index contributed by atoms with van der Waals surface area (Å²) in [5, 5.41) is 2.91. The summed E-state index contributed by atoms with van der Waals surface area (Å²) in [4.78, 5) is 27.0. The van der Waals surface area contributed by atoms with Gasteiger partial charge in [0.15, 0.2) is 29.6 Å². The first-order chi connectivity index (χ1) is 23.1. The molecule has 48 heavy (non-hydrogen) atoms. The van der Waals surface area contributed by atoms with E-state index >= 15 is 0 Å². The lowest BCUT2D eigenvalue weighted by Gasteiger charge is -2.13. The third kappa shape index (κ3) is 9.70. The predicted molar refractivity (Wildman–Crippen MR) is 179 cm³/mol. The molecule has 1 unspecified atom stereocenters. The second kappa shape index (κ2) is 16.8. The van der Waals surface area contributed by atoms with Crippen molar-refractivity contribution in [3.8, 4) is 28.0 Å². The molecule has 0 aliphatic rings. The summed E-state index contributed by atoms with van der Waals surface area (Å²) in [6.07, 6.45) is 1.13. The van der Waals surface area contributed by atoms with Crippen LogP contribution in [0.3, 0.4) is 0 Å². The quantitative estimate of drug-likeness (QED) is 0.0697. The molecule has 246 valence electrons. The third-order valence-corrected chi connectivity index (χ3v) is 7.21. The van der Waals surface area contributed by atoms with E-state index in [0.29, 0.717) is 47.3 Å². The van der Waals surface area contributed by atoms with Gasteiger partial charge in [-0.25, -0.2) is 17.6 Å². The van der Waals surface area contributed by atoms with Gasteiger partial charge in [0.1, 0.15) is 12.4 Å². The Morgan fingerprint density at radius 1 is 0.750 bits per heavy atom. The predicted octanol–water partition coefficient (Wildman–Crippen LogP) is 7.69. The first-order valence-corrected chi connectivity index (χ1v) is 14.9. The number of nitrogens with two attached hydrogens (primary N) is 1. The number of nitrogens with zero attached hydrogens (tertiary/aromatic N) is 1. The zero-order valence-electron chi connectivity index (χ0n) is 26.2. The average Bonchev–Trinajstić information content (AvgIpc) is 3.09. The molecule has 0 aromatic heterocycles. The van der Waals surface area contributed by atoms with Gasteiger partial charge < -0.3 is 15.8 Å². The minimum atomic E-state index is -0.926. The van der Waals surface area contributed by atoms with E-state index in [1.165, 1.54) is 12.1 Å². The number of carbonyl (C=O) groups excluding carboxylic acids is 2. The topological polar surface area (TPSA) is 93.8 Å². The van der Waals surface area contributed by atoms with Gasteiger partial charge in [0.2, 0.25) is 0 Å². The molecule has 6 nitrogen and oxygen atoms in total. The number of halogens is 4. The minimum Gasteiger partial charge on any atom is -0.488 e. The molecule has 0 spiro atoms. The lowest BCUT2D eigenvalue weighted by atomic mass is 10.0. The number of benzene rings is 5. The van der Waals surface area contributed by atoms with Crippen molar-refractivity contribution in [2.24, 2.45) is 10.7 Å². The van der Waals surface area contributed by atoms with Crippen LogP contribution >= 0.6 is 0 Å². The lowest BCUT2D eigenvalue weighted by Crippen LogP contribution is -2.35. The first-order valence-electron chi connectivity index (χ1n) is 14.9. The number of likely N-dealkylation sites (N-methyl/N-ethyl adjacent to an activating group) is 1. The molecular weight excluding hydrogens is 622 g/mol. The van der Waals surface area contributed by atoms with Gasteiger partial charge in [-0.15, -0.1) is 0 Å². The summed E-state index contributed by atoms with van der Waals surface area (Å²) in [5.74, 6) is -3.26. The van der Waals surface area contributed by atoms with Crippen molar-refractivity contribution in [2.75, 3.05) is 7.05 Å². The molecule has 0 heterocycles. The van der Waals surface area contributed by atoms with Crippen LogP contribution in [0.4, 0.5) is 17.6 Å². The molecule has 0 radical (unpaired) electrons.